The summed E-state index contributed by atoms with van der Waals surface area (Å²) in [5.41, 5.74) is 1.66. The number of benzene rings is 1. The lowest BCUT2D eigenvalue weighted by Gasteiger charge is -2.04. The lowest BCUT2D eigenvalue weighted by atomic mass is 10.1. The number of aromatic nitrogens is 5. The predicted octanol–water partition coefficient (Wildman–Crippen LogP) is 2.07. The number of hydrogen-bond donors (Lipinski definition) is 1. The topological polar surface area (TPSA) is 112 Å². The third-order valence-corrected chi connectivity index (χ3v) is 4.53. The van der Waals surface area contributed by atoms with E-state index in [1.165, 1.54) is 4.68 Å². The van der Waals surface area contributed by atoms with Gasteiger partial charge in [0.1, 0.15) is 4.88 Å². The molecule has 0 spiro atoms. The van der Waals surface area contributed by atoms with E-state index in [0.717, 1.165) is 11.3 Å². The highest BCUT2D eigenvalue weighted by Gasteiger charge is 2.18. The Bertz CT molecular complexity index is 965. The number of nitrogens with zero attached hydrogens (tertiary/aromatic N) is 5. The van der Waals surface area contributed by atoms with Gasteiger partial charge in [0.15, 0.2) is 11.0 Å². The molecule has 0 radical (unpaired) electrons. The highest BCUT2D eigenvalue weighted by atomic mass is 32.1. The minimum absolute atomic E-state index is 0.279. The smallest absolute Gasteiger partial charge is 0.350 e. The second-order valence-electron chi connectivity index (χ2n) is 5.32. The summed E-state index contributed by atoms with van der Waals surface area (Å²) in [6.07, 6.45) is 0. The first-order valence-electron chi connectivity index (χ1n) is 7.78. The molecule has 2 heterocycles. The van der Waals surface area contributed by atoms with Crippen LogP contribution in [0, 0.1) is 6.92 Å². The van der Waals surface area contributed by atoms with Crippen molar-refractivity contribution in [3.63, 3.8) is 0 Å². The van der Waals surface area contributed by atoms with Crippen LogP contribution in [0.15, 0.2) is 24.3 Å². The van der Waals surface area contributed by atoms with E-state index in [9.17, 15) is 9.59 Å². The fourth-order valence-electron chi connectivity index (χ4n) is 2.28. The van der Waals surface area contributed by atoms with Crippen LogP contribution in [0.4, 0.5) is 5.13 Å². The number of rotatable bonds is 5. The summed E-state index contributed by atoms with van der Waals surface area (Å²) in [5.74, 6) is -0.236. The second kappa shape index (κ2) is 7.40. The van der Waals surface area contributed by atoms with Crippen molar-refractivity contribution in [3.8, 4) is 11.4 Å². The minimum Gasteiger partial charge on any atom is -0.462 e. The fraction of sp³-hybridized carbons (Fsp3) is 0.250. The van der Waals surface area contributed by atoms with Gasteiger partial charge in [0.05, 0.1) is 12.3 Å². The van der Waals surface area contributed by atoms with Gasteiger partial charge in [-0.1, -0.05) is 23.5 Å². The van der Waals surface area contributed by atoms with Crippen LogP contribution in [0.25, 0.3) is 11.4 Å². The van der Waals surface area contributed by atoms with Crippen LogP contribution in [0.5, 0.6) is 0 Å². The normalized spacial score (nSPS) is 10.6. The Morgan fingerprint density at radius 3 is 2.85 bits per heavy atom. The molecular weight excluding hydrogens is 356 g/mol. The molecule has 1 aromatic carbocycles. The number of carbonyl (C=O) groups excluding carboxylic acids is 2. The Morgan fingerprint density at radius 2 is 2.15 bits per heavy atom. The molecule has 3 aromatic rings. The van der Waals surface area contributed by atoms with Crippen LogP contribution in [-0.2, 0) is 11.8 Å². The van der Waals surface area contributed by atoms with Gasteiger partial charge in [-0.15, -0.1) is 5.10 Å². The molecule has 1 N–H and O–H groups in total. The lowest BCUT2D eigenvalue weighted by Crippen LogP contribution is -2.11. The average molecular weight is 372 g/mol. The number of carbonyl (C=O) groups is 2. The zero-order valence-electron chi connectivity index (χ0n) is 14.4. The largest absolute Gasteiger partial charge is 0.462 e. The van der Waals surface area contributed by atoms with E-state index in [0.29, 0.717) is 32.7 Å². The summed E-state index contributed by atoms with van der Waals surface area (Å²) in [5, 5.41) is 14.3. The van der Waals surface area contributed by atoms with Gasteiger partial charge in [0, 0.05) is 18.2 Å². The van der Waals surface area contributed by atoms with Crippen LogP contribution >= 0.6 is 11.3 Å². The summed E-state index contributed by atoms with van der Waals surface area (Å²) in [4.78, 5) is 29.0. The van der Waals surface area contributed by atoms with Gasteiger partial charge in [0.25, 0.3) is 5.91 Å². The Morgan fingerprint density at radius 1 is 1.35 bits per heavy atom. The van der Waals surface area contributed by atoms with Crippen molar-refractivity contribution in [1.82, 2.24) is 25.2 Å². The van der Waals surface area contributed by atoms with E-state index in [1.807, 2.05) is 6.07 Å². The second-order valence-corrected chi connectivity index (χ2v) is 6.31. The molecular formula is C16H16N6O3S. The Kier molecular flexibility index (Phi) is 5.03. The standard InChI is InChI=1S/C16H16N6O3S/c1-4-25-15(24)12-9(2)17-16(26-12)18-14(23)11-7-5-6-10(8-11)13-19-20-21-22(13)3/h5-8H,4H2,1-3H3,(H,17,18,23). The van der Waals surface area contributed by atoms with E-state index in [1.54, 1.807) is 39.1 Å². The molecule has 10 heteroatoms. The van der Waals surface area contributed by atoms with Crippen LogP contribution in [0.3, 0.4) is 0 Å². The molecule has 0 unspecified atom stereocenters. The number of thiazole rings is 1. The number of tetrazole rings is 1. The summed E-state index contributed by atoms with van der Waals surface area (Å²) in [7, 11) is 1.72. The highest BCUT2D eigenvalue weighted by Crippen LogP contribution is 2.24. The van der Waals surface area contributed by atoms with Crippen molar-refractivity contribution in [2.75, 3.05) is 11.9 Å². The number of ether oxygens (including phenoxy) is 1. The number of nitrogens with one attached hydrogen (secondary N) is 1. The van der Waals surface area contributed by atoms with E-state index < -0.39 is 5.97 Å². The third kappa shape index (κ3) is 3.59. The number of amides is 1. The molecule has 0 aliphatic rings. The van der Waals surface area contributed by atoms with Gasteiger partial charge in [-0.3, -0.25) is 10.1 Å². The van der Waals surface area contributed by atoms with Crippen LogP contribution in [0.1, 0.15) is 32.6 Å². The molecule has 2 aromatic heterocycles. The maximum Gasteiger partial charge on any atom is 0.350 e. The zero-order valence-corrected chi connectivity index (χ0v) is 15.2. The summed E-state index contributed by atoms with van der Waals surface area (Å²) in [6, 6.07) is 6.92. The minimum atomic E-state index is -0.445. The molecule has 0 bridgehead atoms. The van der Waals surface area contributed by atoms with Crippen molar-refractivity contribution in [2.24, 2.45) is 7.05 Å². The summed E-state index contributed by atoms with van der Waals surface area (Å²) >= 11 is 1.08. The van der Waals surface area contributed by atoms with Gasteiger partial charge in [-0.05, 0) is 36.4 Å². The number of anilines is 1. The Balaban J connectivity index is 1.80. The predicted molar refractivity (Wildman–Crippen MR) is 95.0 cm³/mol. The molecule has 0 atom stereocenters. The molecule has 0 aliphatic carbocycles. The van der Waals surface area contributed by atoms with Gasteiger partial charge < -0.3 is 4.74 Å². The Hall–Kier alpha value is -3.14. The van der Waals surface area contributed by atoms with Crippen molar-refractivity contribution in [3.05, 3.63) is 40.4 Å². The number of esters is 1. The van der Waals surface area contributed by atoms with Gasteiger partial charge in [-0.2, -0.15) is 0 Å². The zero-order chi connectivity index (χ0) is 18.7. The molecule has 1 amide bonds. The molecule has 0 fully saturated rings. The highest BCUT2D eigenvalue weighted by molar-refractivity contribution is 7.17. The number of hydrogen-bond acceptors (Lipinski definition) is 8. The molecule has 3 rings (SSSR count). The molecule has 0 saturated carbocycles. The maximum atomic E-state index is 12.5. The molecule has 9 nitrogen and oxygen atoms in total. The van der Waals surface area contributed by atoms with E-state index in [4.69, 9.17) is 4.74 Å². The van der Waals surface area contributed by atoms with Gasteiger partial charge in [0.2, 0.25) is 0 Å². The maximum absolute atomic E-state index is 12.5. The van der Waals surface area contributed by atoms with Gasteiger partial charge >= 0.3 is 5.97 Å². The van der Waals surface area contributed by atoms with E-state index in [2.05, 4.69) is 25.8 Å². The average Bonchev–Trinajstić information content (AvgIpc) is 3.20. The quantitative estimate of drug-likeness (QED) is 0.682. The molecule has 134 valence electrons. The van der Waals surface area contributed by atoms with Crippen LogP contribution in [-0.4, -0.2) is 43.7 Å². The first kappa shape index (κ1) is 17.7. The third-order valence-electron chi connectivity index (χ3n) is 3.48. The first-order valence-corrected chi connectivity index (χ1v) is 8.60. The van der Waals surface area contributed by atoms with Gasteiger partial charge in [-0.25, -0.2) is 14.5 Å². The van der Waals surface area contributed by atoms with Crippen LogP contribution < -0.4 is 5.32 Å². The SMILES string of the molecule is CCOC(=O)c1sc(NC(=O)c2cccc(-c3nnnn3C)c2)nc1C. The Labute approximate surface area is 153 Å². The first-order chi connectivity index (χ1) is 12.5. The monoisotopic (exact) mass is 372 g/mol. The molecule has 26 heavy (non-hydrogen) atoms. The molecule has 0 aliphatic heterocycles. The van der Waals surface area contributed by atoms with Crippen LogP contribution in [0.2, 0.25) is 0 Å². The molecule has 0 saturated heterocycles. The fourth-order valence-corrected chi connectivity index (χ4v) is 3.13. The van der Waals surface area contributed by atoms with Crippen molar-refractivity contribution >= 4 is 28.3 Å². The van der Waals surface area contributed by atoms with Crippen molar-refractivity contribution in [1.29, 1.82) is 0 Å². The van der Waals surface area contributed by atoms with Crippen molar-refractivity contribution in [2.45, 2.75) is 13.8 Å². The summed E-state index contributed by atoms with van der Waals surface area (Å²) < 4.78 is 6.50. The van der Waals surface area contributed by atoms with Crippen molar-refractivity contribution < 1.29 is 14.3 Å². The number of aryl methyl sites for hydroxylation is 2. The van der Waals surface area contributed by atoms with E-state index in [-0.39, 0.29) is 12.5 Å². The lowest BCUT2D eigenvalue weighted by molar-refractivity contribution is 0.0531. The summed E-state index contributed by atoms with van der Waals surface area (Å²) in [6.45, 7) is 3.71. The van der Waals surface area contributed by atoms with E-state index >= 15 is 0 Å².